The Morgan fingerprint density at radius 2 is 2.35 bits per heavy atom. The van der Waals surface area contributed by atoms with E-state index < -0.39 is 0 Å². The highest BCUT2D eigenvalue weighted by atomic mass is 79.9. The molecule has 0 radical (unpaired) electrons. The Morgan fingerprint density at radius 3 is 3.06 bits per heavy atom. The minimum Gasteiger partial charge on any atom is -0.381 e. The van der Waals surface area contributed by atoms with Crippen LogP contribution in [0.3, 0.4) is 0 Å². The topological polar surface area (TPSA) is 21.3 Å². The summed E-state index contributed by atoms with van der Waals surface area (Å²) in [6.45, 7) is 3.57. The normalized spacial score (nSPS) is 19.8. The molecular formula is C13H17BrFNO. The predicted octanol–water partition coefficient (Wildman–Crippen LogP) is 3.10. The van der Waals surface area contributed by atoms with Gasteiger partial charge in [-0.15, -0.1) is 0 Å². The van der Waals surface area contributed by atoms with Crippen molar-refractivity contribution in [3.05, 3.63) is 34.1 Å². The summed E-state index contributed by atoms with van der Waals surface area (Å²) in [5.74, 6) is 0.503. The van der Waals surface area contributed by atoms with E-state index in [1.807, 2.05) is 6.07 Å². The third-order valence-electron chi connectivity index (χ3n) is 3.08. The lowest BCUT2D eigenvalue weighted by molar-refractivity contribution is 0.184. The Balaban J connectivity index is 1.70. The summed E-state index contributed by atoms with van der Waals surface area (Å²) in [6, 6.07) is 4.81. The maximum atomic E-state index is 12.9. The molecule has 0 spiro atoms. The molecule has 1 atom stereocenters. The number of halogens is 2. The fraction of sp³-hybridized carbons (Fsp3) is 0.538. The van der Waals surface area contributed by atoms with Crippen LogP contribution in [0.15, 0.2) is 22.7 Å². The first kappa shape index (κ1) is 13.0. The van der Waals surface area contributed by atoms with Crippen molar-refractivity contribution in [2.24, 2.45) is 5.92 Å². The predicted molar refractivity (Wildman–Crippen MR) is 69.3 cm³/mol. The zero-order chi connectivity index (χ0) is 12.1. The molecule has 0 saturated carbocycles. The van der Waals surface area contributed by atoms with Gasteiger partial charge in [-0.05, 0) is 43.0 Å². The SMILES string of the molecule is Fc1ccc(CNCCC2CCOC2)c(Br)c1. The highest BCUT2D eigenvalue weighted by Gasteiger charge is 2.14. The standard InChI is InChI=1S/C13H17BrFNO/c14-13-7-12(15)2-1-11(13)8-16-5-3-10-4-6-17-9-10/h1-2,7,10,16H,3-6,8-9H2. The molecule has 4 heteroatoms. The Hall–Kier alpha value is -0.450. The minimum atomic E-state index is -0.205. The average molecular weight is 302 g/mol. The van der Waals surface area contributed by atoms with E-state index in [2.05, 4.69) is 21.2 Å². The summed E-state index contributed by atoms with van der Waals surface area (Å²) in [5, 5.41) is 3.38. The average Bonchev–Trinajstić information content (AvgIpc) is 2.79. The summed E-state index contributed by atoms with van der Waals surface area (Å²) in [7, 11) is 0. The molecule has 1 aliphatic rings. The molecule has 1 aliphatic heterocycles. The zero-order valence-electron chi connectivity index (χ0n) is 9.72. The number of rotatable bonds is 5. The van der Waals surface area contributed by atoms with Gasteiger partial charge in [-0.1, -0.05) is 22.0 Å². The Kier molecular flexibility index (Phi) is 4.95. The van der Waals surface area contributed by atoms with Crippen molar-refractivity contribution in [3.63, 3.8) is 0 Å². The van der Waals surface area contributed by atoms with E-state index in [-0.39, 0.29) is 5.82 Å². The molecule has 1 saturated heterocycles. The minimum absolute atomic E-state index is 0.205. The number of nitrogens with one attached hydrogen (secondary N) is 1. The Morgan fingerprint density at radius 1 is 1.47 bits per heavy atom. The first-order chi connectivity index (χ1) is 8.25. The summed E-state index contributed by atoms with van der Waals surface area (Å²) in [4.78, 5) is 0. The molecule has 2 nitrogen and oxygen atoms in total. The third-order valence-corrected chi connectivity index (χ3v) is 3.82. The van der Waals surface area contributed by atoms with Gasteiger partial charge in [-0.25, -0.2) is 4.39 Å². The Bertz CT molecular complexity index is 366. The molecule has 2 rings (SSSR count). The molecule has 1 unspecified atom stereocenters. The van der Waals surface area contributed by atoms with Gasteiger partial charge in [-0.3, -0.25) is 0 Å². The zero-order valence-corrected chi connectivity index (χ0v) is 11.3. The number of hydrogen-bond acceptors (Lipinski definition) is 2. The fourth-order valence-electron chi connectivity index (χ4n) is 2.01. The lowest BCUT2D eigenvalue weighted by Crippen LogP contribution is -2.18. The molecule has 1 heterocycles. The highest BCUT2D eigenvalue weighted by Crippen LogP contribution is 2.18. The van der Waals surface area contributed by atoms with Crippen LogP contribution in [0, 0.1) is 11.7 Å². The molecule has 17 heavy (non-hydrogen) atoms. The first-order valence-corrected chi connectivity index (χ1v) is 6.77. The van der Waals surface area contributed by atoms with Crippen LogP contribution >= 0.6 is 15.9 Å². The monoisotopic (exact) mass is 301 g/mol. The summed E-state index contributed by atoms with van der Waals surface area (Å²) in [6.07, 6.45) is 2.33. The second kappa shape index (κ2) is 6.47. The number of ether oxygens (including phenoxy) is 1. The van der Waals surface area contributed by atoms with Crippen LogP contribution in [0.25, 0.3) is 0 Å². The van der Waals surface area contributed by atoms with Gasteiger partial charge in [0.2, 0.25) is 0 Å². The van der Waals surface area contributed by atoms with Crippen molar-refractivity contribution in [1.29, 1.82) is 0 Å². The summed E-state index contributed by atoms with van der Waals surface area (Å²) in [5.41, 5.74) is 1.09. The smallest absolute Gasteiger partial charge is 0.124 e. The highest BCUT2D eigenvalue weighted by molar-refractivity contribution is 9.10. The molecule has 0 aromatic heterocycles. The number of hydrogen-bond donors (Lipinski definition) is 1. The van der Waals surface area contributed by atoms with Crippen LogP contribution in [-0.4, -0.2) is 19.8 Å². The Labute approximate surface area is 110 Å². The van der Waals surface area contributed by atoms with Crippen LogP contribution in [0.4, 0.5) is 4.39 Å². The molecule has 1 aromatic carbocycles. The van der Waals surface area contributed by atoms with E-state index in [1.54, 1.807) is 0 Å². The van der Waals surface area contributed by atoms with Crippen LogP contribution in [0.5, 0.6) is 0 Å². The quantitative estimate of drug-likeness (QED) is 0.844. The summed E-state index contributed by atoms with van der Waals surface area (Å²) < 4.78 is 19.0. The third kappa shape index (κ3) is 4.05. The van der Waals surface area contributed by atoms with E-state index in [4.69, 9.17) is 4.74 Å². The van der Waals surface area contributed by atoms with Gasteiger partial charge in [-0.2, -0.15) is 0 Å². The van der Waals surface area contributed by atoms with Crippen molar-refractivity contribution >= 4 is 15.9 Å². The van der Waals surface area contributed by atoms with Gasteiger partial charge < -0.3 is 10.1 Å². The lowest BCUT2D eigenvalue weighted by Gasteiger charge is -2.09. The van der Waals surface area contributed by atoms with E-state index in [1.165, 1.54) is 18.6 Å². The molecule has 0 amide bonds. The second-order valence-electron chi connectivity index (χ2n) is 4.43. The van der Waals surface area contributed by atoms with Crippen LogP contribution in [0.2, 0.25) is 0 Å². The van der Waals surface area contributed by atoms with Gasteiger partial charge in [0.25, 0.3) is 0 Å². The maximum absolute atomic E-state index is 12.9. The van der Waals surface area contributed by atoms with Crippen molar-refractivity contribution in [2.75, 3.05) is 19.8 Å². The largest absolute Gasteiger partial charge is 0.381 e. The van der Waals surface area contributed by atoms with E-state index in [0.717, 1.165) is 42.8 Å². The van der Waals surface area contributed by atoms with E-state index in [9.17, 15) is 4.39 Å². The van der Waals surface area contributed by atoms with Gasteiger partial charge in [0, 0.05) is 24.2 Å². The molecule has 0 bridgehead atoms. The van der Waals surface area contributed by atoms with Gasteiger partial charge in [0.15, 0.2) is 0 Å². The van der Waals surface area contributed by atoms with Crippen molar-refractivity contribution < 1.29 is 9.13 Å². The molecule has 1 fully saturated rings. The number of benzene rings is 1. The van der Waals surface area contributed by atoms with Crippen LogP contribution in [0.1, 0.15) is 18.4 Å². The van der Waals surface area contributed by atoms with Crippen molar-refractivity contribution in [1.82, 2.24) is 5.32 Å². The maximum Gasteiger partial charge on any atom is 0.124 e. The first-order valence-electron chi connectivity index (χ1n) is 5.98. The van der Waals surface area contributed by atoms with E-state index >= 15 is 0 Å². The molecule has 0 aliphatic carbocycles. The molecule has 94 valence electrons. The molecule has 1 N–H and O–H groups in total. The lowest BCUT2D eigenvalue weighted by atomic mass is 10.1. The second-order valence-corrected chi connectivity index (χ2v) is 5.29. The van der Waals surface area contributed by atoms with Crippen LogP contribution in [-0.2, 0) is 11.3 Å². The molecular weight excluding hydrogens is 285 g/mol. The summed E-state index contributed by atoms with van der Waals surface area (Å²) >= 11 is 3.37. The van der Waals surface area contributed by atoms with Gasteiger partial charge in [0.05, 0.1) is 0 Å². The van der Waals surface area contributed by atoms with E-state index in [0.29, 0.717) is 5.92 Å². The van der Waals surface area contributed by atoms with Crippen LogP contribution < -0.4 is 5.32 Å². The van der Waals surface area contributed by atoms with Gasteiger partial charge >= 0.3 is 0 Å². The molecule has 1 aromatic rings. The van der Waals surface area contributed by atoms with Crippen molar-refractivity contribution in [2.45, 2.75) is 19.4 Å². The fourth-order valence-corrected chi connectivity index (χ4v) is 2.50. The van der Waals surface area contributed by atoms with Crippen molar-refractivity contribution in [3.8, 4) is 0 Å². The van der Waals surface area contributed by atoms with Gasteiger partial charge in [0.1, 0.15) is 5.82 Å².